The average Bonchev–Trinajstić information content (AvgIpc) is 2.36. The van der Waals surface area contributed by atoms with Crippen molar-refractivity contribution in [3.05, 3.63) is 35.6 Å². The van der Waals surface area contributed by atoms with Gasteiger partial charge in [0.2, 0.25) is 5.91 Å². The van der Waals surface area contributed by atoms with Crippen LogP contribution < -0.4 is 10.6 Å². The maximum atomic E-state index is 13.3. The lowest BCUT2D eigenvalue weighted by Crippen LogP contribution is -2.33. The van der Waals surface area contributed by atoms with E-state index >= 15 is 0 Å². The van der Waals surface area contributed by atoms with Gasteiger partial charge in [-0.1, -0.05) is 18.2 Å². The normalized spacial score (nSPS) is 10.7. The Hall–Kier alpha value is -1.46. The van der Waals surface area contributed by atoms with Gasteiger partial charge in [-0.25, -0.2) is 4.39 Å². The van der Waals surface area contributed by atoms with E-state index in [0.29, 0.717) is 31.6 Å². The summed E-state index contributed by atoms with van der Waals surface area (Å²) in [6.07, 6.45) is 0.405. The molecular weight excluding hydrogens is 245 g/mol. The van der Waals surface area contributed by atoms with Crippen LogP contribution in [0.4, 0.5) is 4.39 Å². The molecule has 0 unspecified atom stereocenters. The topological polar surface area (TPSA) is 44.4 Å². The number of likely N-dealkylation sites (N-methyl/N-ethyl adjacent to an activating group) is 1. The van der Waals surface area contributed by atoms with Crippen LogP contribution >= 0.6 is 0 Å². The molecule has 0 spiro atoms. The van der Waals surface area contributed by atoms with Crippen LogP contribution in [0, 0.1) is 5.82 Å². The Morgan fingerprint density at radius 3 is 2.68 bits per heavy atom. The Morgan fingerprint density at radius 1 is 1.26 bits per heavy atom. The molecule has 2 N–H and O–H groups in total. The molecule has 0 heterocycles. The van der Waals surface area contributed by atoms with Gasteiger partial charge >= 0.3 is 0 Å². The number of nitrogens with zero attached hydrogens (tertiary/aromatic N) is 1. The summed E-state index contributed by atoms with van der Waals surface area (Å²) in [4.78, 5) is 13.5. The van der Waals surface area contributed by atoms with Crippen molar-refractivity contribution in [2.45, 2.75) is 13.0 Å². The van der Waals surface area contributed by atoms with Crippen LogP contribution in [0.25, 0.3) is 0 Å². The van der Waals surface area contributed by atoms with Gasteiger partial charge in [-0.15, -0.1) is 0 Å². The van der Waals surface area contributed by atoms with Crippen LogP contribution in [-0.2, 0) is 11.3 Å². The van der Waals surface area contributed by atoms with Crippen molar-refractivity contribution in [2.75, 3.05) is 33.7 Å². The van der Waals surface area contributed by atoms with Gasteiger partial charge in [0.05, 0.1) is 0 Å². The molecule has 1 aromatic carbocycles. The third-order valence-electron chi connectivity index (χ3n) is 2.68. The third kappa shape index (κ3) is 6.88. The monoisotopic (exact) mass is 267 g/mol. The number of halogens is 1. The zero-order valence-corrected chi connectivity index (χ0v) is 11.6. The van der Waals surface area contributed by atoms with E-state index in [0.717, 1.165) is 6.54 Å². The number of amides is 1. The quantitative estimate of drug-likeness (QED) is 0.690. The van der Waals surface area contributed by atoms with Crippen molar-refractivity contribution in [2.24, 2.45) is 0 Å². The minimum absolute atomic E-state index is 0.0166. The van der Waals surface area contributed by atoms with E-state index in [2.05, 4.69) is 10.6 Å². The summed E-state index contributed by atoms with van der Waals surface area (Å²) < 4.78 is 13.3. The second kappa shape index (κ2) is 8.61. The van der Waals surface area contributed by atoms with Crippen molar-refractivity contribution in [1.29, 1.82) is 0 Å². The summed E-state index contributed by atoms with van der Waals surface area (Å²) in [7, 11) is 3.92. The van der Waals surface area contributed by atoms with E-state index in [1.54, 1.807) is 18.2 Å². The molecule has 0 fully saturated rings. The molecule has 0 saturated carbocycles. The van der Waals surface area contributed by atoms with Crippen molar-refractivity contribution < 1.29 is 9.18 Å². The number of carbonyl (C=O) groups excluding carboxylic acids is 1. The molecule has 1 aromatic rings. The SMILES string of the molecule is CN(C)CCNC(=O)CCNCc1ccccc1F. The molecule has 0 atom stereocenters. The molecule has 4 nitrogen and oxygen atoms in total. The molecule has 0 bridgehead atoms. The van der Waals surface area contributed by atoms with Gasteiger partial charge in [-0.05, 0) is 20.2 Å². The maximum absolute atomic E-state index is 13.3. The van der Waals surface area contributed by atoms with Crippen LogP contribution in [0.1, 0.15) is 12.0 Å². The lowest BCUT2D eigenvalue weighted by atomic mass is 10.2. The molecule has 5 heteroatoms. The molecule has 0 aromatic heterocycles. The third-order valence-corrected chi connectivity index (χ3v) is 2.68. The predicted octanol–water partition coefficient (Wildman–Crippen LogP) is 0.983. The maximum Gasteiger partial charge on any atom is 0.221 e. The minimum atomic E-state index is -0.217. The Kier molecular flexibility index (Phi) is 7.07. The number of carbonyl (C=O) groups is 1. The van der Waals surface area contributed by atoms with Crippen molar-refractivity contribution in [1.82, 2.24) is 15.5 Å². The number of rotatable bonds is 8. The van der Waals surface area contributed by atoms with Crippen LogP contribution in [0.2, 0.25) is 0 Å². The average molecular weight is 267 g/mol. The Balaban J connectivity index is 2.10. The second-order valence-corrected chi connectivity index (χ2v) is 4.67. The molecule has 0 aliphatic carbocycles. The highest BCUT2D eigenvalue weighted by Gasteiger charge is 2.02. The summed E-state index contributed by atoms with van der Waals surface area (Å²) in [5.74, 6) is -0.201. The highest BCUT2D eigenvalue weighted by Crippen LogP contribution is 2.05. The van der Waals surface area contributed by atoms with Crippen LogP contribution in [0.15, 0.2) is 24.3 Å². The Morgan fingerprint density at radius 2 is 2.00 bits per heavy atom. The summed E-state index contributed by atoms with van der Waals surface area (Å²) >= 11 is 0. The molecule has 0 radical (unpaired) electrons. The van der Waals surface area contributed by atoms with Crippen LogP contribution in [-0.4, -0.2) is 44.5 Å². The molecule has 19 heavy (non-hydrogen) atoms. The molecule has 0 saturated heterocycles. The first-order valence-corrected chi connectivity index (χ1v) is 6.45. The van der Waals surface area contributed by atoms with Gasteiger partial charge in [0.15, 0.2) is 0 Å². The highest BCUT2D eigenvalue weighted by atomic mass is 19.1. The summed E-state index contributed by atoms with van der Waals surface area (Å²) in [5, 5.41) is 5.89. The first kappa shape index (κ1) is 15.6. The summed E-state index contributed by atoms with van der Waals surface area (Å²) in [6, 6.07) is 6.63. The largest absolute Gasteiger partial charge is 0.355 e. The molecule has 1 rings (SSSR count). The van der Waals surface area contributed by atoms with E-state index in [9.17, 15) is 9.18 Å². The first-order valence-electron chi connectivity index (χ1n) is 6.45. The lowest BCUT2D eigenvalue weighted by Gasteiger charge is -2.10. The van der Waals surface area contributed by atoms with Gasteiger partial charge in [-0.2, -0.15) is 0 Å². The Bertz CT molecular complexity index is 396. The van der Waals surface area contributed by atoms with Gasteiger partial charge in [0.25, 0.3) is 0 Å². The van der Waals surface area contributed by atoms with E-state index < -0.39 is 0 Å². The van der Waals surface area contributed by atoms with Gasteiger partial charge < -0.3 is 15.5 Å². The molecule has 0 aliphatic heterocycles. The zero-order valence-electron chi connectivity index (χ0n) is 11.6. The Labute approximate surface area is 114 Å². The fourth-order valence-electron chi connectivity index (χ4n) is 1.57. The zero-order chi connectivity index (χ0) is 14.1. The smallest absolute Gasteiger partial charge is 0.221 e. The van der Waals surface area contributed by atoms with Crippen LogP contribution in [0.5, 0.6) is 0 Å². The fourth-order valence-corrected chi connectivity index (χ4v) is 1.57. The van der Waals surface area contributed by atoms with Gasteiger partial charge in [-0.3, -0.25) is 4.79 Å². The number of nitrogens with one attached hydrogen (secondary N) is 2. The number of hydrogen-bond donors (Lipinski definition) is 2. The molecule has 0 aliphatic rings. The second-order valence-electron chi connectivity index (χ2n) is 4.67. The van der Waals surface area contributed by atoms with E-state index in [-0.39, 0.29) is 11.7 Å². The van der Waals surface area contributed by atoms with Crippen molar-refractivity contribution >= 4 is 5.91 Å². The highest BCUT2D eigenvalue weighted by molar-refractivity contribution is 5.76. The van der Waals surface area contributed by atoms with Crippen LogP contribution in [0.3, 0.4) is 0 Å². The summed E-state index contributed by atoms with van der Waals surface area (Å²) in [5.41, 5.74) is 0.621. The fraction of sp³-hybridized carbons (Fsp3) is 0.500. The number of hydrogen-bond acceptors (Lipinski definition) is 3. The molecule has 1 amide bonds. The molecule has 106 valence electrons. The van der Waals surface area contributed by atoms with Gasteiger partial charge in [0, 0.05) is 38.2 Å². The van der Waals surface area contributed by atoms with E-state index in [4.69, 9.17) is 0 Å². The summed E-state index contributed by atoms with van der Waals surface area (Å²) in [6.45, 7) is 2.47. The minimum Gasteiger partial charge on any atom is -0.355 e. The van der Waals surface area contributed by atoms with Crippen molar-refractivity contribution in [3.63, 3.8) is 0 Å². The predicted molar refractivity (Wildman–Crippen MR) is 74.3 cm³/mol. The van der Waals surface area contributed by atoms with Gasteiger partial charge in [0.1, 0.15) is 5.82 Å². The lowest BCUT2D eigenvalue weighted by molar-refractivity contribution is -0.121. The van der Waals surface area contributed by atoms with E-state index in [1.165, 1.54) is 6.07 Å². The number of benzene rings is 1. The molecular formula is C14H22FN3O. The van der Waals surface area contributed by atoms with E-state index in [1.807, 2.05) is 19.0 Å². The standard InChI is InChI=1S/C14H22FN3O/c1-18(2)10-9-17-14(19)7-8-16-11-12-5-3-4-6-13(12)15/h3-6,16H,7-11H2,1-2H3,(H,17,19). The first-order chi connectivity index (χ1) is 9.09. The van der Waals surface area contributed by atoms with Crippen molar-refractivity contribution in [3.8, 4) is 0 Å².